The standard InChI is InChI=1S/C30H28BrN5/c1-20-24(11-7-17-32-20)34-26-18-28-30(19-27(26)33-22-8-3-2-4-9-22)36(23-15-13-21(31)14-16-23)29-12-6-5-10-25(29)35-28/h5-7,10-19,22,34H,2-4,8-9H2,1H3. The number of nitrogens with one attached hydrogen (secondary N) is 1. The summed E-state index contributed by atoms with van der Waals surface area (Å²) in [6.45, 7) is 2.02. The largest absolute Gasteiger partial charge is 0.352 e. The molecule has 1 N–H and O–H groups in total. The average Bonchev–Trinajstić information content (AvgIpc) is 2.90. The molecule has 0 bridgehead atoms. The molecule has 180 valence electrons. The first-order chi connectivity index (χ1) is 17.7. The van der Waals surface area contributed by atoms with E-state index in [1.54, 1.807) is 0 Å². The van der Waals surface area contributed by atoms with Gasteiger partial charge in [-0.1, -0.05) is 47.3 Å². The van der Waals surface area contributed by atoms with Crippen molar-refractivity contribution in [2.75, 3.05) is 5.32 Å². The topological polar surface area (TPSA) is 55.1 Å². The smallest absolute Gasteiger partial charge is 0.0900 e. The van der Waals surface area contributed by atoms with Gasteiger partial charge in [0.2, 0.25) is 0 Å². The molecular formula is C30H28BrN5. The molecule has 36 heavy (non-hydrogen) atoms. The maximum absolute atomic E-state index is 5.29. The molecule has 0 amide bonds. The zero-order chi connectivity index (χ0) is 24.5. The summed E-state index contributed by atoms with van der Waals surface area (Å²) in [6.07, 6.45) is 7.92. The summed E-state index contributed by atoms with van der Waals surface area (Å²) in [6, 6.07) is 25.5. The number of halogens is 1. The molecule has 2 aliphatic carbocycles. The summed E-state index contributed by atoms with van der Waals surface area (Å²) >= 11 is 3.58. The zero-order valence-electron chi connectivity index (χ0n) is 20.3. The number of nitrogens with zero attached hydrogens (tertiary/aromatic N) is 4. The van der Waals surface area contributed by atoms with E-state index >= 15 is 0 Å². The highest BCUT2D eigenvalue weighted by Gasteiger charge is 2.18. The second-order valence-corrected chi connectivity index (χ2v) is 10.4. The van der Waals surface area contributed by atoms with Crippen LogP contribution in [0.5, 0.6) is 0 Å². The van der Waals surface area contributed by atoms with Crippen LogP contribution in [0, 0.1) is 6.92 Å². The summed E-state index contributed by atoms with van der Waals surface area (Å²) in [5, 5.41) is 4.60. The highest BCUT2D eigenvalue weighted by Crippen LogP contribution is 2.31. The molecule has 6 rings (SSSR count). The molecule has 2 heterocycles. The number of hydrogen-bond acceptors (Lipinski definition) is 4. The summed E-state index contributed by atoms with van der Waals surface area (Å²) in [5.41, 5.74) is 7.98. The van der Waals surface area contributed by atoms with Crippen LogP contribution in [-0.2, 0) is 0 Å². The minimum Gasteiger partial charge on any atom is -0.352 e. The third kappa shape index (κ3) is 4.53. The fourth-order valence-electron chi connectivity index (χ4n) is 5.09. The lowest BCUT2D eigenvalue weighted by atomic mass is 9.96. The minimum atomic E-state index is 0.348. The second-order valence-electron chi connectivity index (χ2n) is 9.45. The van der Waals surface area contributed by atoms with Gasteiger partial charge in [-0.05, 0) is 80.4 Å². The first kappa shape index (κ1) is 22.9. The first-order valence-corrected chi connectivity index (χ1v) is 13.4. The van der Waals surface area contributed by atoms with Gasteiger partial charge in [0, 0.05) is 16.4 Å². The van der Waals surface area contributed by atoms with Crippen LogP contribution in [0.4, 0.5) is 11.4 Å². The quantitative estimate of drug-likeness (QED) is 0.240. The lowest BCUT2D eigenvalue weighted by molar-refractivity contribution is 0.437. The molecule has 0 unspecified atom stereocenters. The SMILES string of the molecule is Cc1ncccc1Nc1cc2nc3ccccc3n(-c3ccc(Br)cc3)c-2cc1=NC1CCCCC1. The highest BCUT2D eigenvalue weighted by atomic mass is 79.9. The monoisotopic (exact) mass is 537 g/mol. The molecule has 3 aliphatic rings. The number of pyridine rings is 1. The van der Waals surface area contributed by atoms with E-state index in [0.717, 1.165) is 67.8 Å². The van der Waals surface area contributed by atoms with Crippen LogP contribution in [0.3, 0.4) is 0 Å². The summed E-state index contributed by atoms with van der Waals surface area (Å²) in [4.78, 5) is 14.8. The van der Waals surface area contributed by atoms with Crippen molar-refractivity contribution in [3.8, 4) is 17.1 Å². The van der Waals surface area contributed by atoms with Gasteiger partial charge in [0.1, 0.15) is 0 Å². The molecule has 1 saturated carbocycles. The van der Waals surface area contributed by atoms with Crippen molar-refractivity contribution in [3.05, 3.63) is 94.5 Å². The third-order valence-electron chi connectivity index (χ3n) is 6.95. The Labute approximate surface area is 219 Å². The Morgan fingerprint density at radius 2 is 1.72 bits per heavy atom. The number of para-hydroxylation sites is 2. The predicted octanol–water partition coefficient (Wildman–Crippen LogP) is 7.57. The van der Waals surface area contributed by atoms with Crippen LogP contribution < -0.4 is 10.7 Å². The van der Waals surface area contributed by atoms with Crippen molar-refractivity contribution in [1.82, 2.24) is 14.5 Å². The van der Waals surface area contributed by atoms with Crippen molar-refractivity contribution in [2.24, 2.45) is 4.99 Å². The molecule has 0 atom stereocenters. The van der Waals surface area contributed by atoms with Crippen LogP contribution in [0.15, 0.2) is 88.5 Å². The minimum absolute atomic E-state index is 0.348. The van der Waals surface area contributed by atoms with Crippen molar-refractivity contribution in [2.45, 2.75) is 45.1 Å². The van der Waals surface area contributed by atoms with Gasteiger partial charge in [-0.3, -0.25) is 9.98 Å². The molecule has 6 heteroatoms. The van der Waals surface area contributed by atoms with E-state index in [4.69, 9.17) is 9.98 Å². The first-order valence-electron chi connectivity index (χ1n) is 12.6. The predicted molar refractivity (Wildman–Crippen MR) is 150 cm³/mol. The molecule has 0 saturated heterocycles. The Bertz CT molecular complexity index is 1570. The van der Waals surface area contributed by atoms with Crippen molar-refractivity contribution < 1.29 is 0 Å². The van der Waals surface area contributed by atoms with Gasteiger partial charge in [-0.2, -0.15) is 0 Å². The Balaban J connectivity index is 1.63. The molecule has 1 aromatic heterocycles. The van der Waals surface area contributed by atoms with Gasteiger partial charge in [-0.25, -0.2) is 4.98 Å². The maximum Gasteiger partial charge on any atom is 0.0900 e. The van der Waals surface area contributed by atoms with Crippen molar-refractivity contribution in [3.63, 3.8) is 0 Å². The summed E-state index contributed by atoms with van der Waals surface area (Å²) < 4.78 is 3.35. The van der Waals surface area contributed by atoms with E-state index in [1.807, 2.05) is 25.3 Å². The van der Waals surface area contributed by atoms with Crippen molar-refractivity contribution in [1.29, 1.82) is 0 Å². The molecule has 1 fully saturated rings. The molecule has 0 radical (unpaired) electrons. The van der Waals surface area contributed by atoms with Crippen LogP contribution in [0.25, 0.3) is 28.1 Å². The molecular weight excluding hydrogens is 510 g/mol. The summed E-state index contributed by atoms with van der Waals surface area (Å²) in [7, 11) is 0. The fraction of sp³-hybridized carbons (Fsp3) is 0.233. The normalized spacial score (nSPS) is 15.0. The van der Waals surface area contributed by atoms with Crippen molar-refractivity contribution >= 4 is 38.3 Å². The second kappa shape index (κ2) is 9.86. The number of aromatic nitrogens is 3. The number of hydrogen-bond donors (Lipinski definition) is 1. The van der Waals surface area contributed by atoms with Crippen LogP contribution in [-0.4, -0.2) is 20.6 Å². The van der Waals surface area contributed by atoms with Gasteiger partial charge < -0.3 is 9.88 Å². The number of rotatable bonds is 4. The van der Waals surface area contributed by atoms with Gasteiger partial charge in [-0.15, -0.1) is 0 Å². The summed E-state index contributed by atoms with van der Waals surface area (Å²) in [5.74, 6) is 0. The van der Waals surface area contributed by atoms with Crippen LogP contribution in [0.2, 0.25) is 0 Å². The molecule has 0 spiro atoms. The van der Waals surface area contributed by atoms with E-state index in [-0.39, 0.29) is 0 Å². The maximum atomic E-state index is 5.29. The number of anilines is 2. The Morgan fingerprint density at radius 1 is 0.917 bits per heavy atom. The zero-order valence-corrected chi connectivity index (χ0v) is 21.9. The number of benzene rings is 3. The lowest BCUT2D eigenvalue weighted by Gasteiger charge is -2.22. The van der Waals surface area contributed by atoms with Gasteiger partial charge in [0.25, 0.3) is 0 Å². The van der Waals surface area contributed by atoms with Crippen LogP contribution in [0.1, 0.15) is 37.8 Å². The highest BCUT2D eigenvalue weighted by molar-refractivity contribution is 9.10. The molecule has 5 nitrogen and oxygen atoms in total. The van der Waals surface area contributed by atoms with Crippen LogP contribution >= 0.6 is 15.9 Å². The molecule has 3 aromatic rings. The fourth-order valence-corrected chi connectivity index (χ4v) is 5.35. The molecule has 1 aliphatic heterocycles. The van der Waals surface area contributed by atoms with E-state index in [2.05, 4.69) is 91.5 Å². The Kier molecular flexibility index (Phi) is 6.28. The Morgan fingerprint density at radius 3 is 2.53 bits per heavy atom. The number of fused-ring (bicyclic) bond motifs is 2. The van der Waals surface area contributed by atoms with E-state index in [1.165, 1.54) is 19.3 Å². The van der Waals surface area contributed by atoms with E-state index in [9.17, 15) is 0 Å². The third-order valence-corrected chi connectivity index (χ3v) is 7.48. The molecule has 2 aromatic carbocycles. The van der Waals surface area contributed by atoms with E-state index < -0.39 is 0 Å². The van der Waals surface area contributed by atoms with Gasteiger partial charge in [0.15, 0.2) is 0 Å². The average molecular weight is 538 g/mol. The van der Waals surface area contributed by atoms with Gasteiger partial charge >= 0.3 is 0 Å². The lowest BCUT2D eigenvalue weighted by Crippen LogP contribution is -2.19. The Hall–Kier alpha value is -3.51. The number of aryl methyl sites for hydroxylation is 1. The van der Waals surface area contributed by atoms with Gasteiger partial charge in [0.05, 0.1) is 50.9 Å². The van der Waals surface area contributed by atoms with E-state index in [0.29, 0.717) is 6.04 Å².